The van der Waals surface area contributed by atoms with E-state index in [0.29, 0.717) is 16.6 Å². The van der Waals surface area contributed by atoms with Crippen molar-refractivity contribution in [1.82, 2.24) is 19.4 Å². The number of hydrogen-bond acceptors (Lipinski definition) is 6. The van der Waals surface area contributed by atoms with Crippen molar-refractivity contribution in [2.24, 2.45) is 7.05 Å². The van der Waals surface area contributed by atoms with Crippen LogP contribution in [0.15, 0.2) is 65.7 Å². The number of piperazine rings is 1. The normalized spacial score (nSPS) is 15.3. The van der Waals surface area contributed by atoms with Gasteiger partial charge in [-0.25, -0.2) is 18.4 Å². The van der Waals surface area contributed by atoms with Crippen LogP contribution in [0.25, 0.3) is 33.7 Å². The Morgan fingerprint density at radius 3 is 2.09 bits per heavy atom. The van der Waals surface area contributed by atoms with Crippen LogP contribution in [-0.2, 0) is 16.9 Å². The molecule has 0 N–H and O–H groups in total. The summed E-state index contributed by atoms with van der Waals surface area (Å²) in [7, 11) is -1.28. The van der Waals surface area contributed by atoms with Crippen LogP contribution in [0.5, 0.6) is 0 Å². The number of aromatic nitrogens is 3. The number of nitrogens with zero attached hydrogens (tertiary/aromatic N) is 5. The van der Waals surface area contributed by atoms with Gasteiger partial charge in [-0.3, -0.25) is 4.90 Å². The highest BCUT2D eigenvalue weighted by Crippen LogP contribution is 2.29. The van der Waals surface area contributed by atoms with Gasteiger partial charge in [0.15, 0.2) is 15.5 Å². The Labute approximate surface area is 207 Å². The van der Waals surface area contributed by atoms with Gasteiger partial charge in [-0.05, 0) is 61.9 Å². The number of hydrogen-bond donors (Lipinski definition) is 0. The maximum atomic E-state index is 11.8. The zero-order valence-corrected chi connectivity index (χ0v) is 21.5. The summed E-state index contributed by atoms with van der Waals surface area (Å²) in [6.45, 7) is 8.81. The molecule has 0 spiro atoms. The number of sulfone groups is 1. The molecule has 35 heavy (non-hydrogen) atoms. The van der Waals surface area contributed by atoms with Gasteiger partial charge in [0.2, 0.25) is 0 Å². The Balaban J connectivity index is 1.39. The van der Waals surface area contributed by atoms with E-state index in [2.05, 4.69) is 59.0 Å². The maximum absolute atomic E-state index is 11.8. The Morgan fingerprint density at radius 2 is 1.49 bits per heavy atom. The first-order valence-corrected chi connectivity index (χ1v) is 13.8. The highest BCUT2D eigenvalue weighted by atomic mass is 32.2. The Morgan fingerprint density at radius 1 is 0.857 bits per heavy atom. The van der Waals surface area contributed by atoms with Gasteiger partial charge in [-0.1, -0.05) is 12.1 Å². The molecule has 0 atom stereocenters. The van der Waals surface area contributed by atoms with Gasteiger partial charge in [-0.15, -0.1) is 0 Å². The minimum atomic E-state index is -3.23. The first-order valence-electron chi connectivity index (χ1n) is 11.9. The molecule has 1 saturated heterocycles. The second-order valence-corrected chi connectivity index (χ2v) is 11.5. The second-order valence-electron chi connectivity index (χ2n) is 9.52. The van der Waals surface area contributed by atoms with Crippen LogP contribution >= 0.6 is 0 Å². The average Bonchev–Trinajstić information content (AvgIpc) is 3.19. The molecule has 2 aromatic heterocycles. The fourth-order valence-corrected chi connectivity index (χ4v) is 5.33. The highest BCUT2D eigenvalue weighted by molar-refractivity contribution is 7.90. The molecule has 0 bridgehead atoms. The summed E-state index contributed by atoms with van der Waals surface area (Å²) in [4.78, 5) is 14.6. The molecule has 1 aliphatic rings. The van der Waals surface area contributed by atoms with E-state index in [0.717, 1.165) is 54.2 Å². The van der Waals surface area contributed by atoms with Gasteiger partial charge in [0, 0.05) is 68.5 Å². The predicted molar refractivity (Wildman–Crippen MR) is 141 cm³/mol. The number of fused-ring (bicyclic) bond motifs is 1. The Hall–Kier alpha value is -3.23. The summed E-state index contributed by atoms with van der Waals surface area (Å²) in [6.07, 6.45) is 3.07. The summed E-state index contributed by atoms with van der Waals surface area (Å²) in [5.41, 5.74) is 5.85. The molecule has 0 unspecified atom stereocenters. The number of rotatable bonds is 5. The average molecular weight is 490 g/mol. The van der Waals surface area contributed by atoms with E-state index in [-0.39, 0.29) is 0 Å². The molecule has 2 aromatic carbocycles. The van der Waals surface area contributed by atoms with Crippen molar-refractivity contribution in [1.29, 1.82) is 0 Å². The molecule has 0 saturated carbocycles. The molecule has 8 heteroatoms. The zero-order valence-electron chi connectivity index (χ0n) is 20.6. The van der Waals surface area contributed by atoms with Gasteiger partial charge in [0.25, 0.3) is 0 Å². The Kier molecular flexibility index (Phi) is 6.11. The molecule has 0 amide bonds. The van der Waals surface area contributed by atoms with E-state index in [9.17, 15) is 8.42 Å². The fourth-order valence-electron chi connectivity index (χ4n) is 4.70. The van der Waals surface area contributed by atoms with Crippen molar-refractivity contribution in [2.45, 2.75) is 24.8 Å². The van der Waals surface area contributed by atoms with Gasteiger partial charge < -0.3 is 9.47 Å². The lowest BCUT2D eigenvalue weighted by Gasteiger charge is -2.38. The minimum Gasteiger partial charge on any atom is -0.369 e. The standard InChI is InChI=1S/C27H31N5O2S/c1-19(2)31-13-15-32(16-14-31)23-9-5-20(6-10-23)22-17-25-26(28-18-22)29-27(30(25)3)21-7-11-24(12-8-21)35(4,33)34/h5-12,17-19H,13-16H2,1-4H3. The van der Waals surface area contributed by atoms with Gasteiger partial charge in [0.05, 0.1) is 10.4 Å². The van der Waals surface area contributed by atoms with Crippen molar-refractivity contribution in [3.8, 4) is 22.5 Å². The van der Waals surface area contributed by atoms with Crippen molar-refractivity contribution < 1.29 is 8.42 Å². The Bertz CT molecular complexity index is 1450. The molecule has 0 aliphatic carbocycles. The molecule has 1 fully saturated rings. The van der Waals surface area contributed by atoms with E-state index in [4.69, 9.17) is 4.98 Å². The first kappa shape index (κ1) is 23.5. The van der Waals surface area contributed by atoms with E-state index in [1.54, 1.807) is 24.3 Å². The number of pyridine rings is 1. The van der Waals surface area contributed by atoms with Crippen LogP contribution in [0.1, 0.15) is 13.8 Å². The second kappa shape index (κ2) is 9.09. The van der Waals surface area contributed by atoms with E-state index >= 15 is 0 Å². The van der Waals surface area contributed by atoms with Gasteiger partial charge >= 0.3 is 0 Å². The molecule has 0 radical (unpaired) electrons. The van der Waals surface area contributed by atoms with Gasteiger partial charge in [-0.2, -0.15) is 0 Å². The monoisotopic (exact) mass is 489 g/mol. The molecular formula is C27H31N5O2S. The number of aryl methyl sites for hydroxylation is 1. The van der Waals surface area contributed by atoms with Crippen LogP contribution < -0.4 is 4.90 Å². The van der Waals surface area contributed by atoms with E-state index < -0.39 is 9.84 Å². The van der Waals surface area contributed by atoms with Gasteiger partial charge in [0.1, 0.15) is 5.82 Å². The van der Waals surface area contributed by atoms with E-state index in [1.165, 1.54) is 11.9 Å². The smallest absolute Gasteiger partial charge is 0.178 e. The first-order chi connectivity index (χ1) is 16.7. The lowest BCUT2D eigenvalue weighted by molar-refractivity contribution is 0.209. The van der Waals surface area contributed by atoms with E-state index in [1.807, 2.05) is 17.8 Å². The molecule has 7 nitrogen and oxygen atoms in total. The van der Waals surface area contributed by atoms with Crippen LogP contribution in [0.4, 0.5) is 5.69 Å². The summed E-state index contributed by atoms with van der Waals surface area (Å²) in [6, 6.07) is 18.2. The molecule has 1 aliphatic heterocycles. The summed E-state index contributed by atoms with van der Waals surface area (Å²) in [5.74, 6) is 0.751. The summed E-state index contributed by atoms with van der Waals surface area (Å²) >= 11 is 0. The van der Waals surface area contributed by atoms with Crippen LogP contribution in [0.2, 0.25) is 0 Å². The quantitative estimate of drug-likeness (QED) is 0.418. The third kappa shape index (κ3) is 4.68. The third-order valence-corrected chi connectivity index (χ3v) is 8.02. The zero-order chi connectivity index (χ0) is 24.7. The molecule has 5 rings (SSSR count). The molecular weight excluding hydrogens is 458 g/mol. The third-order valence-electron chi connectivity index (χ3n) is 6.89. The lowest BCUT2D eigenvalue weighted by atomic mass is 10.1. The number of imidazole rings is 1. The molecule has 3 heterocycles. The summed E-state index contributed by atoms with van der Waals surface area (Å²) in [5, 5.41) is 0. The topological polar surface area (TPSA) is 71.3 Å². The fraction of sp³-hybridized carbons (Fsp3) is 0.333. The lowest BCUT2D eigenvalue weighted by Crippen LogP contribution is -2.48. The van der Waals surface area contributed by atoms with Crippen LogP contribution in [-0.4, -0.2) is 66.3 Å². The number of anilines is 1. The molecule has 4 aromatic rings. The number of benzene rings is 2. The van der Waals surface area contributed by atoms with Crippen molar-refractivity contribution in [2.75, 3.05) is 37.3 Å². The van der Waals surface area contributed by atoms with Crippen molar-refractivity contribution in [3.05, 3.63) is 60.8 Å². The predicted octanol–water partition coefficient (Wildman–Crippen LogP) is 4.24. The SMILES string of the molecule is CC(C)N1CCN(c2ccc(-c3cnc4nc(-c5ccc(S(C)(=O)=O)cc5)n(C)c4c3)cc2)CC1. The van der Waals surface area contributed by atoms with Crippen molar-refractivity contribution in [3.63, 3.8) is 0 Å². The van der Waals surface area contributed by atoms with Crippen molar-refractivity contribution >= 4 is 26.7 Å². The van der Waals surface area contributed by atoms with Crippen LogP contribution in [0, 0.1) is 0 Å². The largest absolute Gasteiger partial charge is 0.369 e. The maximum Gasteiger partial charge on any atom is 0.178 e. The minimum absolute atomic E-state index is 0.297. The molecule has 182 valence electrons. The summed E-state index contributed by atoms with van der Waals surface area (Å²) < 4.78 is 25.6. The highest BCUT2D eigenvalue weighted by Gasteiger charge is 2.19. The van der Waals surface area contributed by atoms with Crippen LogP contribution in [0.3, 0.4) is 0 Å².